The minimum Gasteiger partial charge on any atom is -0.374 e. The molecule has 4 rings (SSSR count). The van der Waals surface area contributed by atoms with Gasteiger partial charge in [-0.05, 0) is 22.8 Å². The molecular formula is C21H26N2O3. The SMILES string of the molecule is O=C(CCN1CCCO1)N1CCOC(Cc2cccc3ccccc23)C1. The standard InChI is InChI=1S/C21H26N2O3/c24-21(9-11-23-10-4-13-26-23)22-12-14-25-19(16-22)15-18-7-3-6-17-5-1-2-8-20(17)18/h1-3,5-8,19H,4,9-16H2. The Morgan fingerprint density at radius 2 is 1.96 bits per heavy atom. The Morgan fingerprint density at radius 3 is 2.85 bits per heavy atom. The molecule has 2 aliphatic rings. The van der Waals surface area contributed by atoms with E-state index in [4.69, 9.17) is 9.57 Å². The highest BCUT2D eigenvalue weighted by Crippen LogP contribution is 2.22. The lowest BCUT2D eigenvalue weighted by atomic mass is 9.99. The smallest absolute Gasteiger partial charge is 0.224 e. The van der Waals surface area contributed by atoms with Gasteiger partial charge in [0.2, 0.25) is 5.91 Å². The van der Waals surface area contributed by atoms with Crippen molar-refractivity contribution in [3.05, 3.63) is 48.0 Å². The van der Waals surface area contributed by atoms with Crippen LogP contribution in [-0.4, -0.2) is 61.4 Å². The van der Waals surface area contributed by atoms with Crippen LogP contribution >= 0.6 is 0 Å². The Hall–Kier alpha value is -1.95. The van der Waals surface area contributed by atoms with Gasteiger partial charge in [-0.1, -0.05) is 42.5 Å². The predicted molar refractivity (Wildman–Crippen MR) is 101 cm³/mol. The van der Waals surface area contributed by atoms with E-state index in [0.717, 1.165) is 26.0 Å². The van der Waals surface area contributed by atoms with Crippen molar-refractivity contribution in [1.82, 2.24) is 9.96 Å². The molecule has 1 unspecified atom stereocenters. The predicted octanol–water partition coefficient (Wildman–Crippen LogP) is 2.64. The van der Waals surface area contributed by atoms with Crippen molar-refractivity contribution in [2.75, 3.05) is 39.4 Å². The number of carbonyl (C=O) groups is 1. The van der Waals surface area contributed by atoms with Gasteiger partial charge in [0.05, 0.1) is 19.3 Å². The van der Waals surface area contributed by atoms with Crippen LogP contribution in [0.15, 0.2) is 42.5 Å². The van der Waals surface area contributed by atoms with E-state index < -0.39 is 0 Å². The fraction of sp³-hybridized carbons (Fsp3) is 0.476. The molecule has 1 amide bonds. The van der Waals surface area contributed by atoms with Crippen LogP contribution in [0.2, 0.25) is 0 Å². The minimum atomic E-state index is 0.0570. The van der Waals surface area contributed by atoms with E-state index in [1.165, 1.54) is 16.3 Å². The van der Waals surface area contributed by atoms with E-state index in [0.29, 0.717) is 32.7 Å². The lowest BCUT2D eigenvalue weighted by molar-refractivity contribution is -0.145. The molecule has 0 spiro atoms. The molecule has 2 saturated heterocycles. The lowest BCUT2D eigenvalue weighted by Gasteiger charge is -2.33. The molecule has 2 heterocycles. The third kappa shape index (κ3) is 4.06. The normalized spacial score (nSPS) is 21.4. The number of hydrogen-bond donors (Lipinski definition) is 0. The van der Waals surface area contributed by atoms with Crippen LogP contribution < -0.4 is 0 Å². The van der Waals surface area contributed by atoms with E-state index in [1.807, 2.05) is 9.96 Å². The van der Waals surface area contributed by atoms with Gasteiger partial charge in [0, 0.05) is 39.0 Å². The average Bonchev–Trinajstić information content (AvgIpc) is 3.20. The molecule has 0 aliphatic carbocycles. The summed E-state index contributed by atoms with van der Waals surface area (Å²) in [4.78, 5) is 20.0. The van der Waals surface area contributed by atoms with E-state index in [1.54, 1.807) is 0 Å². The molecule has 2 aliphatic heterocycles. The van der Waals surface area contributed by atoms with Crippen molar-refractivity contribution in [3.8, 4) is 0 Å². The zero-order valence-electron chi connectivity index (χ0n) is 15.1. The number of amides is 1. The monoisotopic (exact) mass is 354 g/mol. The van der Waals surface area contributed by atoms with Crippen molar-refractivity contribution < 1.29 is 14.4 Å². The highest BCUT2D eigenvalue weighted by molar-refractivity contribution is 5.85. The molecule has 26 heavy (non-hydrogen) atoms. The van der Waals surface area contributed by atoms with Gasteiger partial charge in [-0.2, -0.15) is 5.06 Å². The number of morpholine rings is 1. The molecule has 0 bridgehead atoms. The maximum atomic E-state index is 12.6. The summed E-state index contributed by atoms with van der Waals surface area (Å²) in [5.41, 5.74) is 1.29. The Labute approximate surface area is 154 Å². The van der Waals surface area contributed by atoms with Crippen LogP contribution in [0.25, 0.3) is 10.8 Å². The third-order valence-electron chi connectivity index (χ3n) is 5.22. The number of carbonyl (C=O) groups excluding carboxylic acids is 1. The van der Waals surface area contributed by atoms with Gasteiger partial charge in [0.15, 0.2) is 0 Å². The summed E-state index contributed by atoms with van der Waals surface area (Å²) in [6.45, 7) is 4.36. The first kappa shape index (κ1) is 17.5. The summed E-state index contributed by atoms with van der Waals surface area (Å²) in [6, 6.07) is 14.8. The van der Waals surface area contributed by atoms with Crippen LogP contribution in [0.5, 0.6) is 0 Å². The molecule has 0 aromatic heterocycles. The highest BCUT2D eigenvalue weighted by Gasteiger charge is 2.25. The quantitative estimate of drug-likeness (QED) is 0.828. The molecule has 138 valence electrons. The number of nitrogens with zero attached hydrogens (tertiary/aromatic N) is 2. The van der Waals surface area contributed by atoms with Crippen LogP contribution in [0.4, 0.5) is 0 Å². The summed E-state index contributed by atoms with van der Waals surface area (Å²) in [5.74, 6) is 0.201. The molecule has 0 radical (unpaired) electrons. The minimum absolute atomic E-state index is 0.0570. The van der Waals surface area contributed by atoms with Gasteiger partial charge in [0.1, 0.15) is 0 Å². The second kappa shape index (κ2) is 8.16. The van der Waals surface area contributed by atoms with Crippen LogP contribution in [0.1, 0.15) is 18.4 Å². The molecule has 2 fully saturated rings. The molecule has 1 atom stereocenters. The van der Waals surface area contributed by atoms with Gasteiger partial charge in [-0.3, -0.25) is 9.63 Å². The molecule has 0 N–H and O–H groups in total. The topological polar surface area (TPSA) is 42.0 Å². The first-order chi connectivity index (χ1) is 12.8. The zero-order chi connectivity index (χ0) is 17.8. The number of fused-ring (bicyclic) bond motifs is 1. The second-order valence-corrected chi connectivity index (χ2v) is 7.04. The van der Waals surface area contributed by atoms with Crippen LogP contribution in [0, 0.1) is 0 Å². The second-order valence-electron chi connectivity index (χ2n) is 7.04. The molecular weight excluding hydrogens is 328 g/mol. The Bertz CT molecular complexity index is 753. The van der Waals surface area contributed by atoms with E-state index >= 15 is 0 Å². The average molecular weight is 354 g/mol. The summed E-state index contributed by atoms with van der Waals surface area (Å²) in [5, 5.41) is 4.43. The molecule has 2 aromatic carbocycles. The van der Waals surface area contributed by atoms with Gasteiger partial charge in [-0.15, -0.1) is 0 Å². The maximum Gasteiger partial charge on any atom is 0.224 e. The van der Waals surface area contributed by atoms with Crippen molar-refractivity contribution >= 4 is 16.7 Å². The number of hydrogen-bond acceptors (Lipinski definition) is 4. The Morgan fingerprint density at radius 1 is 1.08 bits per heavy atom. The van der Waals surface area contributed by atoms with Gasteiger partial charge >= 0.3 is 0 Å². The summed E-state index contributed by atoms with van der Waals surface area (Å²) < 4.78 is 5.96. The maximum absolute atomic E-state index is 12.6. The van der Waals surface area contributed by atoms with E-state index in [-0.39, 0.29) is 12.0 Å². The van der Waals surface area contributed by atoms with Gasteiger partial charge < -0.3 is 9.64 Å². The summed E-state index contributed by atoms with van der Waals surface area (Å²) in [6.07, 6.45) is 2.46. The molecule has 5 nitrogen and oxygen atoms in total. The largest absolute Gasteiger partial charge is 0.374 e. The number of rotatable bonds is 5. The molecule has 2 aromatic rings. The zero-order valence-corrected chi connectivity index (χ0v) is 15.1. The van der Waals surface area contributed by atoms with Crippen LogP contribution in [0.3, 0.4) is 0 Å². The third-order valence-corrected chi connectivity index (χ3v) is 5.22. The van der Waals surface area contributed by atoms with Gasteiger partial charge in [-0.25, -0.2) is 0 Å². The number of ether oxygens (including phenoxy) is 1. The number of benzene rings is 2. The number of hydroxylamine groups is 2. The lowest BCUT2D eigenvalue weighted by Crippen LogP contribution is -2.47. The van der Waals surface area contributed by atoms with Crippen LogP contribution in [-0.2, 0) is 20.8 Å². The Balaban J connectivity index is 1.36. The van der Waals surface area contributed by atoms with Crippen molar-refractivity contribution in [2.24, 2.45) is 0 Å². The van der Waals surface area contributed by atoms with Gasteiger partial charge in [0.25, 0.3) is 0 Å². The van der Waals surface area contributed by atoms with Crippen molar-refractivity contribution in [1.29, 1.82) is 0 Å². The molecule has 0 saturated carbocycles. The van der Waals surface area contributed by atoms with E-state index in [2.05, 4.69) is 42.5 Å². The van der Waals surface area contributed by atoms with Crippen molar-refractivity contribution in [3.63, 3.8) is 0 Å². The summed E-state index contributed by atoms with van der Waals surface area (Å²) in [7, 11) is 0. The molecule has 5 heteroatoms. The fourth-order valence-corrected chi connectivity index (χ4v) is 3.84. The fourth-order valence-electron chi connectivity index (χ4n) is 3.84. The highest BCUT2D eigenvalue weighted by atomic mass is 16.7. The first-order valence-electron chi connectivity index (χ1n) is 9.53. The first-order valence-corrected chi connectivity index (χ1v) is 9.53. The summed E-state index contributed by atoms with van der Waals surface area (Å²) >= 11 is 0. The van der Waals surface area contributed by atoms with Crippen molar-refractivity contribution in [2.45, 2.75) is 25.4 Å². The Kier molecular flexibility index (Phi) is 5.48. The van der Waals surface area contributed by atoms with E-state index in [9.17, 15) is 4.79 Å².